The van der Waals surface area contributed by atoms with Crippen molar-refractivity contribution in [2.24, 2.45) is 5.92 Å². The summed E-state index contributed by atoms with van der Waals surface area (Å²) < 4.78 is 26.3. The van der Waals surface area contributed by atoms with Crippen LogP contribution in [0.25, 0.3) is 0 Å². The van der Waals surface area contributed by atoms with Crippen LogP contribution in [0.5, 0.6) is 0 Å². The Bertz CT molecular complexity index is 555. The maximum Gasteiger partial charge on any atom is 0.306 e. The number of carboxylic acids is 1. The van der Waals surface area contributed by atoms with Gasteiger partial charge >= 0.3 is 5.97 Å². The molecule has 5 nitrogen and oxygen atoms in total. The van der Waals surface area contributed by atoms with Crippen molar-refractivity contribution in [1.29, 1.82) is 0 Å². The lowest BCUT2D eigenvalue weighted by Gasteiger charge is -2.35. The van der Waals surface area contributed by atoms with Gasteiger partial charge in [-0.05, 0) is 31.9 Å². The van der Waals surface area contributed by atoms with Gasteiger partial charge in [0.25, 0.3) is 0 Å². The van der Waals surface area contributed by atoms with E-state index in [4.69, 9.17) is 5.11 Å². The van der Waals surface area contributed by atoms with Crippen molar-refractivity contribution in [3.05, 3.63) is 30.3 Å². The lowest BCUT2D eigenvalue weighted by Crippen LogP contribution is -2.45. The van der Waals surface area contributed by atoms with Crippen LogP contribution in [0.3, 0.4) is 0 Å². The molecule has 1 N–H and O–H groups in total. The fourth-order valence-electron chi connectivity index (χ4n) is 2.46. The van der Waals surface area contributed by atoms with E-state index in [1.54, 1.807) is 37.3 Å². The van der Waals surface area contributed by atoms with E-state index < -0.39 is 21.9 Å². The van der Waals surface area contributed by atoms with E-state index >= 15 is 0 Å². The van der Waals surface area contributed by atoms with Gasteiger partial charge in [-0.1, -0.05) is 18.2 Å². The first kappa shape index (κ1) is 14.0. The summed E-state index contributed by atoms with van der Waals surface area (Å²) in [6, 6.07) is 7.96. The molecule has 2 rings (SSSR count). The lowest BCUT2D eigenvalue weighted by atomic mass is 9.93. The van der Waals surface area contributed by atoms with Gasteiger partial charge in [0.1, 0.15) is 0 Å². The average Bonchev–Trinajstić information content (AvgIpc) is 2.39. The minimum absolute atomic E-state index is 0.259. The maximum absolute atomic E-state index is 12.5. The number of sulfonamides is 1. The minimum Gasteiger partial charge on any atom is -0.481 e. The predicted molar refractivity (Wildman–Crippen MR) is 70.2 cm³/mol. The summed E-state index contributed by atoms with van der Waals surface area (Å²) in [5.74, 6) is -1.29. The van der Waals surface area contributed by atoms with E-state index in [0.29, 0.717) is 12.8 Å². The average molecular weight is 283 g/mol. The summed E-state index contributed by atoms with van der Waals surface area (Å²) in [5, 5.41) is 8.99. The van der Waals surface area contributed by atoms with Crippen LogP contribution in [0.15, 0.2) is 35.2 Å². The molecule has 19 heavy (non-hydrogen) atoms. The van der Waals surface area contributed by atoms with Crippen LogP contribution in [0.4, 0.5) is 0 Å². The third-order valence-corrected chi connectivity index (χ3v) is 5.54. The van der Waals surface area contributed by atoms with Crippen LogP contribution in [0.2, 0.25) is 0 Å². The number of nitrogens with zero attached hydrogens (tertiary/aromatic N) is 1. The van der Waals surface area contributed by atoms with Crippen LogP contribution in [-0.2, 0) is 14.8 Å². The predicted octanol–water partition coefficient (Wildman–Crippen LogP) is 1.56. The molecule has 1 fully saturated rings. The van der Waals surface area contributed by atoms with Crippen molar-refractivity contribution in [1.82, 2.24) is 4.31 Å². The molecule has 0 aromatic heterocycles. The highest BCUT2D eigenvalue weighted by Crippen LogP contribution is 2.28. The molecule has 0 spiro atoms. The molecule has 104 valence electrons. The third kappa shape index (κ3) is 2.79. The first-order valence-corrected chi connectivity index (χ1v) is 7.66. The van der Waals surface area contributed by atoms with E-state index in [1.165, 1.54) is 4.31 Å². The highest BCUT2D eigenvalue weighted by molar-refractivity contribution is 7.89. The first-order valence-electron chi connectivity index (χ1n) is 6.22. The molecule has 1 aliphatic rings. The van der Waals surface area contributed by atoms with E-state index in [0.717, 1.165) is 0 Å². The van der Waals surface area contributed by atoms with Crippen LogP contribution in [-0.4, -0.2) is 36.4 Å². The molecule has 1 heterocycles. The SMILES string of the molecule is CC1CC(C(=O)O)CCN1S(=O)(=O)c1ccccc1. The van der Waals surface area contributed by atoms with Crippen LogP contribution < -0.4 is 0 Å². The Morgan fingerprint density at radius 1 is 1.32 bits per heavy atom. The zero-order chi connectivity index (χ0) is 14.0. The molecule has 1 saturated heterocycles. The van der Waals surface area contributed by atoms with Gasteiger partial charge < -0.3 is 5.11 Å². The topological polar surface area (TPSA) is 74.7 Å². The van der Waals surface area contributed by atoms with Gasteiger partial charge in [0.05, 0.1) is 10.8 Å². The van der Waals surface area contributed by atoms with Gasteiger partial charge in [0.15, 0.2) is 0 Å². The van der Waals surface area contributed by atoms with E-state index in [2.05, 4.69) is 0 Å². The molecule has 0 saturated carbocycles. The number of piperidine rings is 1. The van der Waals surface area contributed by atoms with Crippen molar-refractivity contribution in [3.8, 4) is 0 Å². The number of hydrogen-bond acceptors (Lipinski definition) is 3. The number of rotatable bonds is 3. The Morgan fingerprint density at radius 2 is 1.95 bits per heavy atom. The molecular formula is C13H17NO4S. The van der Waals surface area contributed by atoms with Crippen LogP contribution >= 0.6 is 0 Å². The fourth-order valence-corrected chi connectivity index (χ4v) is 4.14. The number of benzene rings is 1. The molecule has 1 aliphatic heterocycles. The third-order valence-electron chi connectivity index (χ3n) is 3.51. The van der Waals surface area contributed by atoms with Gasteiger partial charge in [-0.15, -0.1) is 0 Å². The Hall–Kier alpha value is -1.40. The number of hydrogen-bond donors (Lipinski definition) is 1. The molecule has 0 aliphatic carbocycles. The minimum atomic E-state index is -3.52. The molecule has 6 heteroatoms. The molecule has 2 unspecified atom stereocenters. The number of carboxylic acid groups (broad SMARTS) is 1. The zero-order valence-corrected chi connectivity index (χ0v) is 11.5. The number of aliphatic carboxylic acids is 1. The molecular weight excluding hydrogens is 266 g/mol. The Labute approximate surface area is 112 Å². The van der Waals surface area contributed by atoms with Crippen molar-refractivity contribution >= 4 is 16.0 Å². The van der Waals surface area contributed by atoms with Crippen LogP contribution in [0, 0.1) is 5.92 Å². The summed E-state index contributed by atoms with van der Waals surface area (Å²) in [7, 11) is -3.52. The summed E-state index contributed by atoms with van der Waals surface area (Å²) in [5.41, 5.74) is 0. The zero-order valence-electron chi connectivity index (χ0n) is 10.7. The second-order valence-electron chi connectivity index (χ2n) is 4.84. The molecule has 1 aromatic rings. The van der Waals surface area contributed by atoms with Gasteiger partial charge in [0.2, 0.25) is 10.0 Å². The lowest BCUT2D eigenvalue weighted by molar-refractivity contribution is -0.143. The summed E-state index contributed by atoms with van der Waals surface area (Å²) in [6.07, 6.45) is 0.729. The molecule has 0 bridgehead atoms. The van der Waals surface area contributed by atoms with Crippen molar-refractivity contribution < 1.29 is 18.3 Å². The summed E-state index contributed by atoms with van der Waals surface area (Å²) >= 11 is 0. The monoisotopic (exact) mass is 283 g/mol. The van der Waals surface area contributed by atoms with Crippen molar-refractivity contribution in [2.45, 2.75) is 30.7 Å². The molecule has 1 aromatic carbocycles. The Kier molecular flexibility index (Phi) is 3.91. The van der Waals surface area contributed by atoms with Gasteiger partial charge in [0, 0.05) is 12.6 Å². The van der Waals surface area contributed by atoms with Gasteiger partial charge in [-0.3, -0.25) is 4.79 Å². The molecule has 0 radical (unpaired) electrons. The Balaban J connectivity index is 2.22. The summed E-state index contributed by atoms with van der Waals surface area (Å²) in [4.78, 5) is 11.2. The normalized spacial score (nSPS) is 25.1. The first-order chi connectivity index (χ1) is 8.93. The quantitative estimate of drug-likeness (QED) is 0.913. The van der Waals surface area contributed by atoms with Crippen molar-refractivity contribution in [2.75, 3.05) is 6.54 Å². The van der Waals surface area contributed by atoms with Gasteiger partial charge in [-0.2, -0.15) is 4.31 Å². The highest BCUT2D eigenvalue weighted by Gasteiger charge is 2.36. The van der Waals surface area contributed by atoms with E-state index in [9.17, 15) is 13.2 Å². The van der Waals surface area contributed by atoms with Crippen molar-refractivity contribution in [3.63, 3.8) is 0 Å². The Morgan fingerprint density at radius 3 is 2.47 bits per heavy atom. The van der Waals surface area contributed by atoms with E-state index in [1.807, 2.05) is 0 Å². The smallest absolute Gasteiger partial charge is 0.306 e. The number of carbonyl (C=O) groups is 1. The van der Waals surface area contributed by atoms with Crippen LogP contribution in [0.1, 0.15) is 19.8 Å². The van der Waals surface area contributed by atoms with E-state index in [-0.39, 0.29) is 17.5 Å². The molecule has 2 atom stereocenters. The fraction of sp³-hybridized carbons (Fsp3) is 0.462. The second kappa shape index (κ2) is 5.30. The summed E-state index contributed by atoms with van der Waals surface area (Å²) in [6.45, 7) is 2.02. The largest absolute Gasteiger partial charge is 0.481 e. The maximum atomic E-state index is 12.5. The highest BCUT2D eigenvalue weighted by atomic mass is 32.2. The standard InChI is InChI=1S/C13H17NO4S/c1-10-9-11(13(15)16)7-8-14(10)19(17,18)12-5-3-2-4-6-12/h2-6,10-11H,7-9H2,1H3,(H,15,16). The van der Waals surface area contributed by atoms with Gasteiger partial charge in [-0.25, -0.2) is 8.42 Å². The second-order valence-corrected chi connectivity index (χ2v) is 6.73. The molecule has 0 amide bonds.